The summed E-state index contributed by atoms with van der Waals surface area (Å²) in [6.45, 7) is 0.516. The van der Waals surface area contributed by atoms with Gasteiger partial charge >= 0.3 is 0 Å². The highest BCUT2D eigenvalue weighted by molar-refractivity contribution is 7.98. The number of nitrogens with two attached hydrogens (primary N) is 1. The fraction of sp³-hybridized carbons (Fsp3) is 0.143. The average molecular weight is 298 g/mol. The molecule has 4 heteroatoms. The molecule has 0 unspecified atom stereocenters. The van der Waals surface area contributed by atoms with Crippen LogP contribution in [0.5, 0.6) is 0 Å². The fourth-order valence-corrected chi connectivity index (χ4v) is 3.23. The lowest BCUT2D eigenvalue weighted by Crippen LogP contribution is -1.98. The summed E-state index contributed by atoms with van der Waals surface area (Å²) in [5.41, 5.74) is 7.94. The SMILES string of the molecule is NCc1ccc(Cl)cc1SCc1ccccc1Cl. The number of benzene rings is 2. The van der Waals surface area contributed by atoms with Gasteiger partial charge in [0.05, 0.1) is 0 Å². The van der Waals surface area contributed by atoms with Crippen molar-refractivity contribution in [3.8, 4) is 0 Å². The highest BCUT2D eigenvalue weighted by Gasteiger charge is 2.05. The van der Waals surface area contributed by atoms with Gasteiger partial charge < -0.3 is 5.73 Å². The Morgan fingerprint density at radius 3 is 2.50 bits per heavy atom. The summed E-state index contributed by atoms with van der Waals surface area (Å²) < 4.78 is 0. The van der Waals surface area contributed by atoms with Gasteiger partial charge in [0.25, 0.3) is 0 Å². The highest BCUT2D eigenvalue weighted by atomic mass is 35.5. The minimum atomic E-state index is 0.516. The summed E-state index contributed by atoms with van der Waals surface area (Å²) in [6, 6.07) is 13.6. The van der Waals surface area contributed by atoms with Gasteiger partial charge in [0.1, 0.15) is 0 Å². The smallest absolute Gasteiger partial charge is 0.0446 e. The zero-order chi connectivity index (χ0) is 13.0. The number of thioether (sulfide) groups is 1. The number of hydrogen-bond acceptors (Lipinski definition) is 2. The molecule has 0 bridgehead atoms. The molecule has 0 amide bonds. The molecule has 0 aliphatic rings. The van der Waals surface area contributed by atoms with Gasteiger partial charge in [-0.05, 0) is 29.3 Å². The van der Waals surface area contributed by atoms with E-state index in [1.165, 1.54) is 0 Å². The van der Waals surface area contributed by atoms with Crippen LogP contribution in [0, 0.1) is 0 Å². The molecular formula is C14H13Cl2NS. The van der Waals surface area contributed by atoms with Crippen molar-refractivity contribution in [3.05, 3.63) is 63.6 Å². The Kier molecular flexibility index (Phi) is 4.95. The van der Waals surface area contributed by atoms with Crippen molar-refractivity contribution in [2.45, 2.75) is 17.2 Å². The van der Waals surface area contributed by atoms with Crippen LogP contribution in [0.25, 0.3) is 0 Å². The molecule has 94 valence electrons. The second kappa shape index (κ2) is 6.48. The summed E-state index contributed by atoms with van der Waals surface area (Å²) in [4.78, 5) is 1.12. The van der Waals surface area contributed by atoms with Crippen molar-refractivity contribution in [1.82, 2.24) is 0 Å². The maximum absolute atomic E-state index is 6.13. The van der Waals surface area contributed by atoms with E-state index in [0.717, 1.165) is 31.8 Å². The lowest BCUT2D eigenvalue weighted by atomic mass is 10.2. The van der Waals surface area contributed by atoms with Gasteiger partial charge in [0.2, 0.25) is 0 Å². The molecule has 2 aromatic rings. The topological polar surface area (TPSA) is 26.0 Å². The Bertz CT molecular complexity index is 543. The van der Waals surface area contributed by atoms with E-state index in [1.807, 2.05) is 42.5 Å². The predicted octanol–water partition coefficient (Wildman–Crippen LogP) is 4.74. The van der Waals surface area contributed by atoms with Gasteiger partial charge in [-0.2, -0.15) is 0 Å². The Balaban J connectivity index is 2.15. The summed E-state index contributed by atoms with van der Waals surface area (Å²) in [7, 11) is 0. The monoisotopic (exact) mass is 297 g/mol. The maximum Gasteiger partial charge on any atom is 0.0446 e. The average Bonchev–Trinajstić information content (AvgIpc) is 2.38. The first kappa shape index (κ1) is 13.8. The van der Waals surface area contributed by atoms with Gasteiger partial charge in [-0.1, -0.05) is 47.5 Å². The van der Waals surface area contributed by atoms with Crippen LogP contribution in [-0.2, 0) is 12.3 Å². The molecule has 0 fully saturated rings. The largest absolute Gasteiger partial charge is 0.326 e. The molecule has 2 rings (SSSR count). The third-order valence-electron chi connectivity index (χ3n) is 2.59. The van der Waals surface area contributed by atoms with E-state index < -0.39 is 0 Å². The van der Waals surface area contributed by atoms with Crippen molar-refractivity contribution in [3.63, 3.8) is 0 Å². The van der Waals surface area contributed by atoms with Crippen molar-refractivity contribution in [1.29, 1.82) is 0 Å². The molecule has 0 saturated carbocycles. The van der Waals surface area contributed by atoms with Crippen LogP contribution < -0.4 is 5.73 Å². The molecule has 0 saturated heterocycles. The lowest BCUT2D eigenvalue weighted by Gasteiger charge is -2.09. The van der Waals surface area contributed by atoms with Crippen molar-refractivity contribution < 1.29 is 0 Å². The van der Waals surface area contributed by atoms with Crippen LogP contribution in [0.15, 0.2) is 47.4 Å². The molecule has 0 atom stereocenters. The van der Waals surface area contributed by atoms with Crippen molar-refractivity contribution >= 4 is 35.0 Å². The van der Waals surface area contributed by atoms with Crippen LogP contribution >= 0.6 is 35.0 Å². The van der Waals surface area contributed by atoms with Crippen LogP contribution in [0.1, 0.15) is 11.1 Å². The number of halogens is 2. The minimum absolute atomic E-state index is 0.516. The zero-order valence-corrected chi connectivity index (χ0v) is 12.0. The molecule has 0 aliphatic heterocycles. The molecular weight excluding hydrogens is 285 g/mol. The molecule has 0 radical (unpaired) electrons. The molecule has 0 spiro atoms. The molecule has 0 aliphatic carbocycles. The first-order valence-electron chi connectivity index (χ1n) is 5.55. The molecule has 1 nitrogen and oxygen atoms in total. The summed E-state index contributed by atoms with van der Waals surface area (Å²) in [5.74, 6) is 0.813. The number of hydrogen-bond donors (Lipinski definition) is 1. The van der Waals surface area contributed by atoms with E-state index in [0.29, 0.717) is 6.54 Å². The van der Waals surface area contributed by atoms with Gasteiger partial charge in [-0.25, -0.2) is 0 Å². The van der Waals surface area contributed by atoms with Crippen LogP contribution in [0.2, 0.25) is 10.0 Å². The van der Waals surface area contributed by atoms with E-state index >= 15 is 0 Å². The highest BCUT2D eigenvalue weighted by Crippen LogP contribution is 2.30. The molecule has 18 heavy (non-hydrogen) atoms. The third-order valence-corrected chi connectivity index (χ3v) is 4.34. The second-order valence-electron chi connectivity index (χ2n) is 3.84. The Morgan fingerprint density at radius 1 is 1.00 bits per heavy atom. The summed E-state index contributed by atoms with van der Waals surface area (Å²) in [5, 5.41) is 1.52. The first-order valence-corrected chi connectivity index (χ1v) is 7.29. The molecule has 0 heterocycles. The molecule has 2 N–H and O–H groups in total. The number of rotatable bonds is 4. The van der Waals surface area contributed by atoms with Crippen LogP contribution in [0.3, 0.4) is 0 Å². The fourth-order valence-electron chi connectivity index (χ4n) is 1.60. The van der Waals surface area contributed by atoms with E-state index in [9.17, 15) is 0 Å². The molecule has 2 aromatic carbocycles. The Labute approximate surface area is 121 Å². The quantitative estimate of drug-likeness (QED) is 0.825. The summed E-state index contributed by atoms with van der Waals surface area (Å²) >= 11 is 13.8. The first-order chi connectivity index (χ1) is 8.70. The van der Waals surface area contributed by atoms with Crippen LogP contribution in [-0.4, -0.2) is 0 Å². The van der Waals surface area contributed by atoms with Gasteiger partial charge in [-0.15, -0.1) is 11.8 Å². The van der Waals surface area contributed by atoms with Crippen molar-refractivity contribution in [2.75, 3.05) is 0 Å². The van der Waals surface area contributed by atoms with Gasteiger partial charge in [0, 0.05) is 27.2 Å². The van der Waals surface area contributed by atoms with Gasteiger partial charge in [-0.3, -0.25) is 0 Å². The zero-order valence-electron chi connectivity index (χ0n) is 9.70. The minimum Gasteiger partial charge on any atom is -0.326 e. The standard InChI is InChI=1S/C14H13Cl2NS/c15-12-6-5-10(8-17)14(7-12)18-9-11-3-1-2-4-13(11)16/h1-7H,8-9,17H2. The van der Waals surface area contributed by atoms with Gasteiger partial charge in [0.15, 0.2) is 0 Å². The summed E-state index contributed by atoms with van der Waals surface area (Å²) in [6.07, 6.45) is 0. The normalized spacial score (nSPS) is 10.6. The van der Waals surface area contributed by atoms with E-state index in [4.69, 9.17) is 28.9 Å². The molecule has 0 aromatic heterocycles. The maximum atomic E-state index is 6.13. The van der Waals surface area contributed by atoms with Crippen molar-refractivity contribution in [2.24, 2.45) is 5.73 Å². The lowest BCUT2D eigenvalue weighted by molar-refractivity contribution is 1.03. The Hall–Kier alpha value is -0.670. The second-order valence-corrected chi connectivity index (χ2v) is 5.70. The van der Waals surface area contributed by atoms with Crippen LogP contribution in [0.4, 0.5) is 0 Å². The van der Waals surface area contributed by atoms with E-state index in [-0.39, 0.29) is 0 Å². The van der Waals surface area contributed by atoms with E-state index in [2.05, 4.69) is 0 Å². The van der Waals surface area contributed by atoms with E-state index in [1.54, 1.807) is 11.8 Å². The predicted molar refractivity (Wildman–Crippen MR) is 80.4 cm³/mol. The Morgan fingerprint density at radius 2 is 1.78 bits per heavy atom. The third kappa shape index (κ3) is 3.42.